The number of benzene rings is 1. The summed E-state index contributed by atoms with van der Waals surface area (Å²) in [6.45, 7) is 6.83. The Bertz CT molecular complexity index is 652. The van der Waals surface area contributed by atoms with Gasteiger partial charge in [-0.25, -0.2) is 0 Å². The molecule has 0 unspecified atom stereocenters. The second kappa shape index (κ2) is 7.27. The van der Waals surface area contributed by atoms with Crippen molar-refractivity contribution in [2.45, 2.75) is 38.6 Å². The monoisotopic (exact) mass is 366 g/mol. The van der Waals surface area contributed by atoms with E-state index in [9.17, 15) is 4.79 Å². The molecule has 0 spiro atoms. The minimum Gasteiger partial charge on any atom is -0.298 e. The van der Waals surface area contributed by atoms with Gasteiger partial charge in [-0.15, -0.1) is 11.8 Å². The molecular formula is C16H19BrN2OS. The SMILES string of the molecule is CCn1nc(C)c(Br)c1CC(=O)CSc1cccc(C)c1. The van der Waals surface area contributed by atoms with Crippen molar-refractivity contribution >= 4 is 33.5 Å². The molecule has 0 radical (unpaired) electrons. The fourth-order valence-corrected chi connectivity index (χ4v) is 3.44. The van der Waals surface area contributed by atoms with E-state index in [-0.39, 0.29) is 5.78 Å². The van der Waals surface area contributed by atoms with Crippen molar-refractivity contribution in [1.82, 2.24) is 9.78 Å². The maximum Gasteiger partial charge on any atom is 0.149 e. The molecule has 0 bridgehead atoms. The van der Waals surface area contributed by atoms with Crippen LogP contribution in [0, 0.1) is 13.8 Å². The van der Waals surface area contributed by atoms with E-state index >= 15 is 0 Å². The maximum absolute atomic E-state index is 12.2. The van der Waals surface area contributed by atoms with E-state index in [4.69, 9.17) is 0 Å². The average molecular weight is 367 g/mol. The van der Waals surface area contributed by atoms with Crippen molar-refractivity contribution in [3.63, 3.8) is 0 Å². The Balaban J connectivity index is 1.99. The molecule has 21 heavy (non-hydrogen) atoms. The van der Waals surface area contributed by atoms with Gasteiger partial charge in [0.2, 0.25) is 0 Å². The van der Waals surface area contributed by atoms with Crippen molar-refractivity contribution in [3.05, 3.63) is 45.7 Å². The van der Waals surface area contributed by atoms with E-state index in [2.05, 4.69) is 40.1 Å². The first kappa shape index (κ1) is 16.3. The molecule has 0 aliphatic rings. The molecule has 5 heteroatoms. The van der Waals surface area contributed by atoms with E-state index in [1.54, 1.807) is 11.8 Å². The fourth-order valence-electron chi connectivity index (χ4n) is 2.14. The summed E-state index contributed by atoms with van der Waals surface area (Å²) in [4.78, 5) is 13.4. The first-order valence-corrected chi connectivity index (χ1v) is 8.72. The van der Waals surface area contributed by atoms with Crippen LogP contribution in [0.5, 0.6) is 0 Å². The summed E-state index contributed by atoms with van der Waals surface area (Å²) < 4.78 is 2.85. The van der Waals surface area contributed by atoms with Crippen LogP contribution in [0.4, 0.5) is 0 Å². The van der Waals surface area contributed by atoms with Gasteiger partial charge < -0.3 is 0 Å². The number of thioether (sulfide) groups is 1. The standard InChI is InChI=1S/C16H19BrN2OS/c1-4-19-15(16(17)12(3)18-19)9-13(20)10-21-14-7-5-6-11(2)8-14/h5-8H,4,9-10H2,1-3H3. The molecule has 0 N–H and O–H groups in total. The molecule has 1 aromatic heterocycles. The summed E-state index contributed by atoms with van der Waals surface area (Å²) >= 11 is 5.13. The van der Waals surface area contributed by atoms with E-state index < -0.39 is 0 Å². The maximum atomic E-state index is 12.2. The zero-order valence-electron chi connectivity index (χ0n) is 12.5. The van der Waals surface area contributed by atoms with Crippen LogP contribution in [0.25, 0.3) is 0 Å². The Morgan fingerprint density at radius 2 is 2.14 bits per heavy atom. The van der Waals surface area contributed by atoms with E-state index in [1.165, 1.54) is 5.56 Å². The molecule has 2 rings (SSSR count). The summed E-state index contributed by atoms with van der Waals surface area (Å²) in [5, 5.41) is 4.42. The highest BCUT2D eigenvalue weighted by atomic mass is 79.9. The number of aromatic nitrogens is 2. The smallest absolute Gasteiger partial charge is 0.149 e. The van der Waals surface area contributed by atoms with Crippen LogP contribution >= 0.6 is 27.7 Å². The number of nitrogens with zero attached hydrogens (tertiary/aromatic N) is 2. The minimum absolute atomic E-state index is 0.219. The predicted molar refractivity (Wildman–Crippen MR) is 91.0 cm³/mol. The molecule has 0 aliphatic heterocycles. The highest BCUT2D eigenvalue weighted by Gasteiger charge is 2.15. The number of halogens is 1. The molecule has 112 valence electrons. The van der Waals surface area contributed by atoms with Gasteiger partial charge in [0.1, 0.15) is 5.78 Å². The summed E-state index contributed by atoms with van der Waals surface area (Å²) in [5.74, 6) is 0.709. The van der Waals surface area contributed by atoms with E-state index in [1.807, 2.05) is 30.7 Å². The molecule has 1 aromatic carbocycles. The summed E-state index contributed by atoms with van der Waals surface area (Å²) in [7, 11) is 0. The third-order valence-electron chi connectivity index (χ3n) is 3.21. The van der Waals surface area contributed by atoms with Gasteiger partial charge in [-0.1, -0.05) is 17.7 Å². The van der Waals surface area contributed by atoms with Crippen molar-refractivity contribution < 1.29 is 4.79 Å². The number of carbonyl (C=O) groups excluding carboxylic acids is 1. The van der Waals surface area contributed by atoms with Crippen LogP contribution in [-0.4, -0.2) is 21.3 Å². The minimum atomic E-state index is 0.219. The Hall–Kier alpha value is -1.07. The van der Waals surface area contributed by atoms with Crippen molar-refractivity contribution in [2.24, 2.45) is 0 Å². The molecule has 2 aromatic rings. The molecule has 0 saturated carbocycles. The molecule has 0 amide bonds. The Morgan fingerprint density at radius 1 is 1.38 bits per heavy atom. The highest BCUT2D eigenvalue weighted by molar-refractivity contribution is 9.10. The molecule has 0 aliphatic carbocycles. The van der Waals surface area contributed by atoms with Gasteiger partial charge in [0.15, 0.2) is 0 Å². The fraction of sp³-hybridized carbons (Fsp3) is 0.375. The Labute approximate surface area is 138 Å². The summed E-state index contributed by atoms with van der Waals surface area (Å²) in [5.41, 5.74) is 3.13. The lowest BCUT2D eigenvalue weighted by molar-refractivity contribution is -0.116. The van der Waals surface area contributed by atoms with Gasteiger partial charge >= 0.3 is 0 Å². The third-order valence-corrected chi connectivity index (χ3v) is 5.29. The van der Waals surface area contributed by atoms with E-state index in [0.717, 1.165) is 27.3 Å². The lowest BCUT2D eigenvalue weighted by Gasteiger charge is -2.05. The van der Waals surface area contributed by atoms with Crippen LogP contribution in [0.3, 0.4) is 0 Å². The third kappa shape index (κ3) is 4.20. The number of hydrogen-bond acceptors (Lipinski definition) is 3. The normalized spacial score (nSPS) is 10.9. The zero-order valence-corrected chi connectivity index (χ0v) is 14.9. The van der Waals surface area contributed by atoms with Gasteiger partial charge in [0, 0.05) is 11.4 Å². The van der Waals surface area contributed by atoms with Gasteiger partial charge in [0.25, 0.3) is 0 Å². The highest BCUT2D eigenvalue weighted by Crippen LogP contribution is 2.23. The zero-order chi connectivity index (χ0) is 15.4. The molecule has 0 saturated heterocycles. The largest absolute Gasteiger partial charge is 0.298 e. The lowest BCUT2D eigenvalue weighted by atomic mass is 10.2. The van der Waals surface area contributed by atoms with Crippen molar-refractivity contribution in [2.75, 3.05) is 5.75 Å². The molecule has 0 atom stereocenters. The quantitative estimate of drug-likeness (QED) is 0.719. The first-order chi connectivity index (χ1) is 10.0. The average Bonchev–Trinajstić information content (AvgIpc) is 2.73. The lowest BCUT2D eigenvalue weighted by Crippen LogP contribution is -2.11. The summed E-state index contributed by atoms with van der Waals surface area (Å²) in [6, 6.07) is 8.23. The van der Waals surface area contributed by atoms with Crippen molar-refractivity contribution in [1.29, 1.82) is 0 Å². The number of rotatable bonds is 6. The second-order valence-electron chi connectivity index (χ2n) is 4.98. The molecule has 1 heterocycles. The molecule has 0 fully saturated rings. The topological polar surface area (TPSA) is 34.9 Å². The molecular weight excluding hydrogens is 348 g/mol. The predicted octanol–water partition coefficient (Wildman–Crippen LogP) is 4.19. The van der Waals surface area contributed by atoms with Crippen LogP contribution < -0.4 is 0 Å². The van der Waals surface area contributed by atoms with Crippen LogP contribution in [0.1, 0.15) is 23.9 Å². The van der Waals surface area contributed by atoms with Crippen LogP contribution in [-0.2, 0) is 17.8 Å². The number of Topliss-reactive ketones (excluding diaryl/α,β-unsaturated/α-hetero) is 1. The number of hydrogen-bond donors (Lipinski definition) is 0. The molecule has 3 nitrogen and oxygen atoms in total. The van der Waals surface area contributed by atoms with Gasteiger partial charge in [-0.05, 0) is 48.8 Å². The van der Waals surface area contributed by atoms with Crippen molar-refractivity contribution in [3.8, 4) is 0 Å². The Kier molecular flexibility index (Phi) is 5.65. The van der Waals surface area contributed by atoms with E-state index in [0.29, 0.717) is 12.2 Å². The Morgan fingerprint density at radius 3 is 2.81 bits per heavy atom. The van der Waals surface area contributed by atoms with Gasteiger partial charge in [0.05, 0.1) is 28.0 Å². The number of carbonyl (C=O) groups is 1. The second-order valence-corrected chi connectivity index (χ2v) is 6.82. The summed E-state index contributed by atoms with van der Waals surface area (Å²) in [6.07, 6.45) is 0.425. The van der Waals surface area contributed by atoms with Crippen LogP contribution in [0.2, 0.25) is 0 Å². The first-order valence-electron chi connectivity index (χ1n) is 6.94. The van der Waals surface area contributed by atoms with Gasteiger partial charge in [-0.2, -0.15) is 5.10 Å². The number of ketones is 1. The number of aryl methyl sites for hydroxylation is 3. The van der Waals surface area contributed by atoms with Gasteiger partial charge in [-0.3, -0.25) is 9.48 Å². The van der Waals surface area contributed by atoms with Crippen LogP contribution in [0.15, 0.2) is 33.6 Å².